The van der Waals surface area contributed by atoms with Crippen molar-refractivity contribution in [3.8, 4) is 5.75 Å². The van der Waals surface area contributed by atoms with Crippen molar-refractivity contribution in [1.82, 2.24) is 19.9 Å². The molecule has 0 atom stereocenters. The van der Waals surface area contributed by atoms with Crippen LogP contribution in [-0.2, 0) is 24.2 Å². The van der Waals surface area contributed by atoms with E-state index in [1.165, 1.54) is 12.0 Å². The number of nitrogens with zero attached hydrogens (tertiary/aromatic N) is 4. The Kier molecular flexibility index (Phi) is 5.71. The van der Waals surface area contributed by atoms with Crippen molar-refractivity contribution in [2.75, 3.05) is 44.9 Å². The van der Waals surface area contributed by atoms with Gasteiger partial charge in [-0.25, -0.2) is 4.98 Å². The topological polar surface area (TPSA) is 83.6 Å². The van der Waals surface area contributed by atoms with Crippen LogP contribution in [-0.4, -0.2) is 59.8 Å². The average Bonchev–Trinajstić information content (AvgIpc) is 2.82. The van der Waals surface area contributed by atoms with Gasteiger partial charge in [0.2, 0.25) is 5.95 Å². The summed E-state index contributed by atoms with van der Waals surface area (Å²) in [5.74, 6) is 1.80. The fraction of sp³-hybridized carbons (Fsp3) is 0.500. The summed E-state index contributed by atoms with van der Waals surface area (Å²) in [6.07, 6.45) is 4.28. The molecule has 0 radical (unpaired) electrons. The third-order valence-electron chi connectivity index (χ3n) is 7.48. The molecule has 2 fully saturated rings. The van der Waals surface area contributed by atoms with Crippen LogP contribution in [0.15, 0.2) is 29.1 Å². The van der Waals surface area contributed by atoms with Gasteiger partial charge in [0.15, 0.2) is 0 Å². The SMILES string of the molecule is COc1cc(C2CCC2)c2c(=O)[nH]c(N3CCc4nc(CN5CCOCC5)ccc4C3)nc2c1. The number of H-pyrrole nitrogens is 1. The zero-order valence-electron chi connectivity index (χ0n) is 19.7. The van der Waals surface area contributed by atoms with Crippen molar-refractivity contribution < 1.29 is 9.47 Å². The molecule has 0 bridgehead atoms. The summed E-state index contributed by atoms with van der Waals surface area (Å²) < 4.78 is 11.0. The number of hydrogen-bond donors (Lipinski definition) is 1. The maximum atomic E-state index is 13.2. The smallest absolute Gasteiger partial charge is 0.260 e. The van der Waals surface area contributed by atoms with Gasteiger partial charge in [0, 0.05) is 50.9 Å². The maximum Gasteiger partial charge on any atom is 0.260 e. The molecule has 3 aromatic rings. The molecule has 1 aromatic carbocycles. The predicted molar refractivity (Wildman–Crippen MR) is 131 cm³/mol. The van der Waals surface area contributed by atoms with E-state index >= 15 is 0 Å². The van der Waals surface area contributed by atoms with Crippen LogP contribution >= 0.6 is 0 Å². The highest BCUT2D eigenvalue weighted by molar-refractivity contribution is 5.84. The lowest BCUT2D eigenvalue weighted by Crippen LogP contribution is -2.36. The van der Waals surface area contributed by atoms with E-state index in [0.29, 0.717) is 29.3 Å². The van der Waals surface area contributed by atoms with Crippen LogP contribution in [0.5, 0.6) is 5.75 Å². The number of anilines is 1. The molecule has 4 heterocycles. The fourth-order valence-electron chi connectivity index (χ4n) is 5.29. The molecule has 1 saturated carbocycles. The molecule has 1 aliphatic carbocycles. The minimum Gasteiger partial charge on any atom is -0.497 e. The number of rotatable bonds is 5. The highest BCUT2D eigenvalue weighted by Crippen LogP contribution is 2.40. The molecule has 34 heavy (non-hydrogen) atoms. The molecule has 0 spiro atoms. The first-order valence-electron chi connectivity index (χ1n) is 12.3. The van der Waals surface area contributed by atoms with Gasteiger partial charge >= 0.3 is 0 Å². The third kappa shape index (κ3) is 4.05. The number of ether oxygens (including phenoxy) is 2. The lowest BCUT2D eigenvalue weighted by Gasteiger charge is -2.30. The Balaban J connectivity index is 1.26. The number of pyridine rings is 1. The Labute approximate surface area is 198 Å². The lowest BCUT2D eigenvalue weighted by molar-refractivity contribution is 0.0336. The van der Waals surface area contributed by atoms with Gasteiger partial charge in [0.05, 0.1) is 36.9 Å². The molecule has 0 unspecified atom stereocenters. The average molecular weight is 462 g/mol. The summed E-state index contributed by atoms with van der Waals surface area (Å²) in [5, 5.41) is 0.709. The number of morpholine rings is 1. The van der Waals surface area contributed by atoms with Crippen molar-refractivity contribution in [2.45, 2.75) is 44.7 Å². The van der Waals surface area contributed by atoms with Crippen LogP contribution in [0.3, 0.4) is 0 Å². The molecular formula is C26H31N5O3. The number of fused-ring (bicyclic) bond motifs is 2. The highest BCUT2D eigenvalue weighted by Gasteiger charge is 2.26. The van der Waals surface area contributed by atoms with Crippen molar-refractivity contribution in [1.29, 1.82) is 0 Å². The van der Waals surface area contributed by atoms with Crippen molar-refractivity contribution in [3.63, 3.8) is 0 Å². The first-order valence-corrected chi connectivity index (χ1v) is 12.3. The molecule has 2 aliphatic heterocycles. The summed E-state index contributed by atoms with van der Waals surface area (Å²) >= 11 is 0. The quantitative estimate of drug-likeness (QED) is 0.625. The molecule has 8 nitrogen and oxygen atoms in total. The van der Waals surface area contributed by atoms with E-state index in [1.54, 1.807) is 7.11 Å². The third-order valence-corrected chi connectivity index (χ3v) is 7.48. The second-order valence-electron chi connectivity index (χ2n) is 9.60. The summed E-state index contributed by atoms with van der Waals surface area (Å²) in [6.45, 7) is 5.84. The van der Waals surface area contributed by atoms with E-state index in [1.807, 2.05) is 12.1 Å². The van der Waals surface area contributed by atoms with Gasteiger partial charge in [0.25, 0.3) is 5.56 Å². The minimum absolute atomic E-state index is 0.0608. The minimum atomic E-state index is -0.0608. The zero-order valence-corrected chi connectivity index (χ0v) is 19.7. The Hall–Kier alpha value is -2.97. The van der Waals surface area contributed by atoms with Crippen molar-refractivity contribution in [3.05, 3.63) is 57.1 Å². The number of nitrogens with one attached hydrogen (secondary N) is 1. The zero-order chi connectivity index (χ0) is 23.1. The van der Waals surface area contributed by atoms with Gasteiger partial charge in [-0.05, 0) is 42.0 Å². The lowest BCUT2D eigenvalue weighted by atomic mass is 9.78. The van der Waals surface area contributed by atoms with Gasteiger partial charge in [-0.2, -0.15) is 0 Å². The van der Waals surface area contributed by atoms with Crippen LogP contribution in [0, 0.1) is 0 Å². The van der Waals surface area contributed by atoms with Gasteiger partial charge < -0.3 is 14.4 Å². The van der Waals surface area contributed by atoms with E-state index in [-0.39, 0.29) is 5.56 Å². The molecule has 3 aliphatic rings. The Morgan fingerprint density at radius 1 is 1.15 bits per heavy atom. The van der Waals surface area contributed by atoms with Crippen LogP contribution in [0.1, 0.15) is 47.7 Å². The van der Waals surface area contributed by atoms with E-state index in [0.717, 1.165) is 81.4 Å². The number of aromatic amines is 1. The first kappa shape index (κ1) is 21.6. The molecule has 8 heteroatoms. The monoisotopic (exact) mass is 461 g/mol. The number of hydrogen-bond acceptors (Lipinski definition) is 7. The van der Waals surface area contributed by atoms with Crippen molar-refractivity contribution >= 4 is 16.9 Å². The Morgan fingerprint density at radius 3 is 2.76 bits per heavy atom. The van der Waals surface area contributed by atoms with Gasteiger partial charge in [-0.15, -0.1) is 0 Å². The second kappa shape index (κ2) is 9.00. The number of benzene rings is 1. The summed E-state index contributed by atoms with van der Waals surface area (Å²) in [4.78, 5) is 30.7. The van der Waals surface area contributed by atoms with E-state index in [4.69, 9.17) is 19.4 Å². The summed E-state index contributed by atoms with van der Waals surface area (Å²) in [5.41, 5.74) is 5.18. The normalized spacial score (nSPS) is 19.1. The van der Waals surface area contributed by atoms with Crippen LogP contribution in [0.25, 0.3) is 10.9 Å². The van der Waals surface area contributed by atoms with E-state index < -0.39 is 0 Å². The Bertz CT molecular complexity index is 1260. The van der Waals surface area contributed by atoms with E-state index in [9.17, 15) is 4.79 Å². The molecule has 2 aromatic heterocycles. The summed E-state index contributed by atoms with van der Waals surface area (Å²) in [7, 11) is 1.67. The van der Waals surface area contributed by atoms with Crippen LogP contribution < -0.4 is 15.2 Å². The predicted octanol–water partition coefficient (Wildman–Crippen LogP) is 2.99. The largest absolute Gasteiger partial charge is 0.497 e. The number of methoxy groups -OCH3 is 1. The summed E-state index contributed by atoms with van der Waals surface area (Å²) in [6, 6.07) is 8.21. The van der Waals surface area contributed by atoms with Gasteiger partial charge in [-0.1, -0.05) is 12.5 Å². The van der Waals surface area contributed by atoms with Gasteiger partial charge in [0.1, 0.15) is 5.75 Å². The Morgan fingerprint density at radius 2 is 2.00 bits per heavy atom. The molecule has 1 N–H and O–H groups in total. The van der Waals surface area contributed by atoms with Crippen molar-refractivity contribution in [2.24, 2.45) is 0 Å². The second-order valence-corrected chi connectivity index (χ2v) is 9.60. The molecule has 178 valence electrons. The molecule has 6 rings (SSSR count). The standard InChI is InChI=1S/C26H31N5O3/c1-33-20-13-21(17-3-2-4-17)24-23(14-20)28-26(29-25(24)32)31-8-7-22-18(15-31)5-6-19(27-22)16-30-9-11-34-12-10-30/h5-6,13-14,17H,2-4,7-12,15-16H2,1H3,(H,28,29,32). The first-order chi connectivity index (χ1) is 16.7. The molecule has 1 saturated heterocycles. The van der Waals surface area contributed by atoms with Crippen LogP contribution in [0.4, 0.5) is 5.95 Å². The van der Waals surface area contributed by atoms with E-state index in [2.05, 4.69) is 26.9 Å². The maximum absolute atomic E-state index is 13.2. The van der Waals surface area contributed by atoms with Crippen LogP contribution in [0.2, 0.25) is 0 Å². The highest BCUT2D eigenvalue weighted by atomic mass is 16.5. The fourth-order valence-corrected chi connectivity index (χ4v) is 5.29. The van der Waals surface area contributed by atoms with Gasteiger partial charge in [-0.3, -0.25) is 19.7 Å². The molecular weight excluding hydrogens is 430 g/mol. The molecule has 0 amide bonds. The number of aromatic nitrogens is 3.